The van der Waals surface area contributed by atoms with Gasteiger partial charge in [-0.2, -0.15) is 11.3 Å². The van der Waals surface area contributed by atoms with Crippen molar-refractivity contribution in [2.45, 2.75) is 18.9 Å². The zero-order valence-electron chi connectivity index (χ0n) is 15.4. The number of nitrogens with zero attached hydrogens (tertiary/aromatic N) is 2. The molecule has 0 saturated carbocycles. The SMILES string of the molecule is CN=C(NCC(C)c1ccsc1)NCC(c1ccccc1)N(C)C.I. The number of thiophene rings is 1. The van der Waals surface area contributed by atoms with Gasteiger partial charge in [0.2, 0.25) is 0 Å². The zero-order valence-corrected chi connectivity index (χ0v) is 18.5. The summed E-state index contributed by atoms with van der Waals surface area (Å²) in [6, 6.07) is 13.0. The van der Waals surface area contributed by atoms with Gasteiger partial charge < -0.3 is 15.5 Å². The molecule has 0 aliphatic carbocycles. The first-order valence-electron chi connectivity index (χ1n) is 8.29. The van der Waals surface area contributed by atoms with Crippen LogP contribution < -0.4 is 10.6 Å². The van der Waals surface area contributed by atoms with Crippen molar-refractivity contribution in [3.63, 3.8) is 0 Å². The molecule has 1 aromatic carbocycles. The Morgan fingerprint density at radius 2 is 1.76 bits per heavy atom. The van der Waals surface area contributed by atoms with Crippen molar-refractivity contribution >= 4 is 41.3 Å². The number of benzene rings is 1. The number of hydrogen-bond donors (Lipinski definition) is 2. The smallest absolute Gasteiger partial charge is 0.191 e. The third-order valence-electron chi connectivity index (χ3n) is 4.18. The average Bonchev–Trinajstić information content (AvgIpc) is 3.13. The Morgan fingerprint density at radius 3 is 2.32 bits per heavy atom. The first kappa shape index (κ1) is 21.9. The lowest BCUT2D eigenvalue weighted by Crippen LogP contribution is -2.42. The standard InChI is InChI=1S/C19H28N4S.HI/c1-15(17-10-11-24-14-17)12-21-19(20-2)22-13-18(23(3)4)16-8-6-5-7-9-16;/h5-11,14-15,18H,12-13H2,1-4H3,(H2,20,21,22);1H. The van der Waals surface area contributed by atoms with Gasteiger partial charge >= 0.3 is 0 Å². The van der Waals surface area contributed by atoms with Crippen LogP contribution in [0, 0.1) is 0 Å². The van der Waals surface area contributed by atoms with Gasteiger partial charge in [-0.1, -0.05) is 37.3 Å². The Hall–Kier alpha value is -1.12. The second-order valence-electron chi connectivity index (χ2n) is 6.18. The maximum absolute atomic E-state index is 4.34. The summed E-state index contributed by atoms with van der Waals surface area (Å²) in [5.74, 6) is 1.31. The molecule has 2 aromatic rings. The van der Waals surface area contributed by atoms with Crippen LogP contribution in [0.25, 0.3) is 0 Å². The molecule has 25 heavy (non-hydrogen) atoms. The van der Waals surface area contributed by atoms with E-state index in [-0.39, 0.29) is 24.0 Å². The van der Waals surface area contributed by atoms with E-state index in [9.17, 15) is 0 Å². The van der Waals surface area contributed by atoms with E-state index in [1.165, 1.54) is 11.1 Å². The molecule has 0 spiro atoms. The van der Waals surface area contributed by atoms with Gasteiger partial charge in [-0.15, -0.1) is 24.0 Å². The monoisotopic (exact) mass is 472 g/mol. The van der Waals surface area contributed by atoms with Crippen LogP contribution in [-0.4, -0.2) is 45.1 Å². The lowest BCUT2D eigenvalue weighted by atomic mass is 10.1. The number of guanidine groups is 1. The second-order valence-corrected chi connectivity index (χ2v) is 6.96. The predicted octanol–water partition coefficient (Wildman–Crippen LogP) is 3.94. The summed E-state index contributed by atoms with van der Waals surface area (Å²) in [5.41, 5.74) is 2.68. The molecule has 2 atom stereocenters. The highest BCUT2D eigenvalue weighted by molar-refractivity contribution is 14.0. The van der Waals surface area contributed by atoms with E-state index >= 15 is 0 Å². The summed E-state index contributed by atoms with van der Waals surface area (Å²) in [7, 11) is 6.03. The van der Waals surface area contributed by atoms with Crippen molar-refractivity contribution in [2.75, 3.05) is 34.2 Å². The number of nitrogens with one attached hydrogen (secondary N) is 2. The molecule has 0 bridgehead atoms. The Balaban J connectivity index is 0.00000312. The van der Waals surface area contributed by atoms with Gasteiger partial charge in [0.15, 0.2) is 5.96 Å². The maximum Gasteiger partial charge on any atom is 0.191 e. The molecule has 0 aliphatic heterocycles. The summed E-state index contributed by atoms with van der Waals surface area (Å²) in [6.45, 7) is 3.91. The Morgan fingerprint density at radius 1 is 1.08 bits per heavy atom. The molecule has 0 radical (unpaired) electrons. The fraction of sp³-hybridized carbons (Fsp3) is 0.421. The van der Waals surface area contributed by atoms with E-state index in [2.05, 4.69) is 88.7 Å². The molecule has 4 nitrogen and oxygen atoms in total. The maximum atomic E-state index is 4.34. The molecule has 0 fully saturated rings. The lowest BCUT2D eigenvalue weighted by Gasteiger charge is -2.26. The highest BCUT2D eigenvalue weighted by atomic mass is 127. The van der Waals surface area contributed by atoms with Crippen LogP contribution in [0.2, 0.25) is 0 Å². The summed E-state index contributed by atoms with van der Waals surface area (Å²) < 4.78 is 0. The largest absolute Gasteiger partial charge is 0.356 e. The van der Waals surface area contributed by atoms with Crippen LogP contribution >= 0.6 is 35.3 Å². The number of likely N-dealkylation sites (N-methyl/N-ethyl adjacent to an activating group) is 1. The van der Waals surface area contributed by atoms with Gasteiger partial charge in [0.25, 0.3) is 0 Å². The summed E-state index contributed by atoms with van der Waals surface area (Å²) in [4.78, 5) is 6.57. The van der Waals surface area contributed by atoms with E-state index < -0.39 is 0 Å². The molecule has 2 unspecified atom stereocenters. The van der Waals surface area contributed by atoms with Crippen LogP contribution in [0.3, 0.4) is 0 Å². The van der Waals surface area contributed by atoms with Crippen LogP contribution in [0.15, 0.2) is 52.2 Å². The fourth-order valence-corrected chi connectivity index (χ4v) is 3.39. The summed E-state index contributed by atoms with van der Waals surface area (Å²) in [6.07, 6.45) is 0. The van der Waals surface area contributed by atoms with Crippen LogP contribution in [-0.2, 0) is 0 Å². The Bertz CT molecular complexity index is 614. The number of rotatable bonds is 7. The molecule has 1 heterocycles. The third kappa shape index (κ3) is 6.95. The highest BCUT2D eigenvalue weighted by Crippen LogP contribution is 2.18. The van der Waals surface area contributed by atoms with Crippen LogP contribution in [0.1, 0.15) is 30.0 Å². The summed E-state index contributed by atoms with van der Waals surface area (Å²) in [5, 5.41) is 11.2. The first-order chi connectivity index (χ1) is 11.6. The molecule has 138 valence electrons. The average molecular weight is 472 g/mol. The van der Waals surface area contributed by atoms with Gasteiger partial charge in [-0.25, -0.2) is 0 Å². The molecule has 0 amide bonds. The second kappa shape index (κ2) is 11.5. The molecule has 6 heteroatoms. The quantitative estimate of drug-likeness (QED) is 0.365. The lowest BCUT2D eigenvalue weighted by molar-refractivity contribution is 0.298. The fourth-order valence-electron chi connectivity index (χ4n) is 2.61. The van der Waals surface area contributed by atoms with E-state index in [0.29, 0.717) is 12.0 Å². The van der Waals surface area contributed by atoms with Crippen molar-refractivity contribution in [3.8, 4) is 0 Å². The molecule has 0 aliphatic rings. The minimum Gasteiger partial charge on any atom is -0.356 e. The molecule has 1 aromatic heterocycles. The normalized spacial score (nSPS) is 13.9. The van der Waals surface area contributed by atoms with Crippen LogP contribution in [0.5, 0.6) is 0 Å². The molecule has 0 saturated heterocycles. The minimum atomic E-state index is 0. The van der Waals surface area contributed by atoms with E-state index in [0.717, 1.165) is 19.0 Å². The molecular weight excluding hydrogens is 443 g/mol. The predicted molar refractivity (Wildman–Crippen MR) is 120 cm³/mol. The number of aliphatic imine (C=N–C) groups is 1. The van der Waals surface area contributed by atoms with Gasteiger partial charge in [-0.05, 0) is 48.0 Å². The summed E-state index contributed by atoms with van der Waals surface area (Å²) >= 11 is 1.74. The number of hydrogen-bond acceptors (Lipinski definition) is 3. The van der Waals surface area contributed by atoms with E-state index in [1.807, 2.05) is 7.05 Å². The van der Waals surface area contributed by atoms with Gasteiger partial charge in [0.1, 0.15) is 0 Å². The van der Waals surface area contributed by atoms with E-state index in [1.54, 1.807) is 11.3 Å². The van der Waals surface area contributed by atoms with Crippen molar-refractivity contribution in [1.29, 1.82) is 0 Å². The van der Waals surface area contributed by atoms with Gasteiger partial charge in [0.05, 0.1) is 6.04 Å². The van der Waals surface area contributed by atoms with E-state index in [4.69, 9.17) is 0 Å². The molecule has 2 rings (SSSR count). The van der Waals surface area contributed by atoms with Crippen molar-refractivity contribution in [1.82, 2.24) is 15.5 Å². The van der Waals surface area contributed by atoms with Crippen molar-refractivity contribution < 1.29 is 0 Å². The highest BCUT2D eigenvalue weighted by Gasteiger charge is 2.14. The Labute approximate surface area is 172 Å². The Kier molecular flexibility index (Phi) is 10.1. The topological polar surface area (TPSA) is 39.7 Å². The third-order valence-corrected chi connectivity index (χ3v) is 4.88. The zero-order chi connectivity index (χ0) is 17.4. The van der Waals surface area contributed by atoms with Crippen LogP contribution in [0.4, 0.5) is 0 Å². The van der Waals surface area contributed by atoms with Crippen molar-refractivity contribution in [3.05, 3.63) is 58.3 Å². The molecule has 2 N–H and O–H groups in total. The van der Waals surface area contributed by atoms with Gasteiger partial charge in [0, 0.05) is 20.1 Å². The minimum absolute atomic E-state index is 0. The first-order valence-corrected chi connectivity index (χ1v) is 9.24. The van der Waals surface area contributed by atoms with Crippen molar-refractivity contribution in [2.24, 2.45) is 4.99 Å². The number of halogens is 1. The molecular formula is C19H29IN4S. The van der Waals surface area contributed by atoms with Gasteiger partial charge in [-0.3, -0.25) is 4.99 Å².